The maximum absolute atomic E-state index is 11.5. The van der Waals surface area contributed by atoms with Crippen molar-refractivity contribution in [3.05, 3.63) is 24.2 Å². The number of carbonyl (C=O) groups is 1. The van der Waals surface area contributed by atoms with Gasteiger partial charge in [0.2, 0.25) is 0 Å². The summed E-state index contributed by atoms with van der Waals surface area (Å²) >= 11 is 4.68. The second-order valence-electron chi connectivity index (χ2n) is 2.64. The Morgan fingerprint density at radius 2 is 2.46 bits per heavy atom. The molecule has 1 aromatic rings. The van der Waals surface area contributed by atoms with E-state index in [-0.39, 0.29) is 12.5 Å². The van der Waals surface area contributed by atoms with Crippen LogP contribution in [0.1, 0.15) is 10.4 Å². The third kappa shape index (κ3) is 2.55. The topological polar surface area (TPSA) is 59.5 Å². The van der Waals surface area contributed by atoms with Gasteiger partial charge in [-0.25, -0.2) is 0 Å². The molecule has 0 fully saturated rings. The number of rotatable bonds is 3. The first-order chi connectivity index (χ1) is 6.11. The first-order valence-electron chi connectivity index (χ1n) is 3.67. The maximum Gasteiger partial charge on any atom is 0.257 e. The minimum atomic E-state index is -0.151. The quantitative estimate of drug-likeness (QED) is 0.724. The van der Waals surface area contributed by atoms with Crippen molar-refractivity contribution in [2.45, 2.75) is 0 Å². The molecule has 1 amide bonds. The van der Waals surface area contributed by atoms with Crippen LogP contribution in [0.5, 0.6) is 0 Å². The molecular weight excluding hydrogens is 188 g/mol. The molecule has 1 aromatic heterocycles. The molecular formula is C8H10N2O2S. The van der Waals surface area contributed by atoms with E-state index in [2.05, 4.69) is 12.2 Å². The second-order valence-corrected chi connectivity index (χ2v) is 3.16. The zero-order valence-electron chi connectivity index (χ0n) is 7.19. The summed E-state index contributed by atoms with van der Waals surface area (Å²) in [6.07, 6.45) is 2.83. The van der Waals surface area contributed by atoms with E-state index in [0.29, 0.717) is 10.6 Å². The Kier molecular flexibility index (Phi) is 3.02. The Morgan fingerprint density at radius 1 is 1.77 bits per heavy atom. The Balaban J connectivity index is 2.63. The lowest BCUT2D eigenvalue weighted by atomic mass is 10.3. The lowest BCUT2D eigenvalue weighted by molar-refractivity contribution is 0.0814. The van der Waals surface area contributed by atoms with Crippen LogP contribution < -0.4 is 5.73 Å². The van der Waals surface area contributed by atoms with E-state index in [0.717, 1.165) is 0 Å². The van der Waals surface area contributed by atoms with Crippen molar-refractivity contribution in [1.82, 2.24) is 4.90 Å². The van der Waals surface area contributed by atoms with Crippen LogP contribution in [0, 0.1) is 0 Å². The highest BCUT2D eigenvalue weighted by Gasteiger charge is 2.12. The highest BCUT2D eigenvalue weighted by molar-refractivity contribution is 7.80. The molecule has 0 aliphatic carbocycles. The van der Waals surface area contributed by atoms with Gasteiger partial charge in [-0.05, 0) is 6.07 Å². The number of carbonyl (C=O) groups excluding carboxylic acids is 1. The molecule has 0 aliphatic heterocycles. The summed E-state index contributed by atoms with van der Waals surface area (Å²) in [6, 6.07) is 1.60. The molecule has 2 N–H and O–H groups in total. The largest absolute Gasteiger partial charge is 0.472 e. The SMILES string of the molecule is CN(CC(N)=S)C(=O)c1ccoc1. The Labute approximate surface area is 81.3 Å². The molecule has 0 saturated heterocycles. The first-order valence-corrected chi connectivity index (χ1v) is 4.08. The van der Waals surface area contributed by atoms with Gasteiger partial charge in [0, 0.05) is 7.05 Å². The number of furan rings is 1. The van der Waals surface area contributed by atoms with Gasteiger partial charge in [-0.1, -0.05) is 12.2 Å². The van der Waals surface area contributed by atoms with Crippen LogP contribution in [-0.2, 0) is 0 Å². The predicted molar refractivity (Wildman–Crippen MR) is 52.5 cm³/mol. The van der Waals surface area contributed by atoms with Gasteiger partial charge in [-0.3, -0.25) is 4.79 Å². The smallest absolute Gasteiger partial charge is 0.257 e. The molecule has 1 rings (SSSR count). The molecule has 0 radical (unpaired) electrons. The van der Waals surface area contributed by atoms with Crippen LogP contribution in [0.2, 0.25) is 0 Å². The lowest BCUT2D eigenvalue weighted by Crippen LogP contribution is -2.34. The van der Waals surface area contributed by atoms with Crippen LogP contribution in [0.3, 0.4) is 0 Å². The minimum Gasteiger partial charge on any atom is -0.472 e. The van der Waals surface area contributed by atoms with E-state index in [9.17, 15) is 4.79 Å². The third-order valence-electron chi connectivity index (χ3n) is 1.51. The van der Waals surface area contributed by atoms with E-state index in [1.807, 2.05) is 0 Å². The summed E-state index contributed by atoms with van der Waals surface area (Å²) < 4.78 is 4.78. The van der Waals surface area contributed by atoms with Gasteiger partial charge in [0.15, 0.2) is 0 Å². The molecule has 13 heavy (non-hydrogen) atoms. The number of hydrogen-bond donors (Lipinski definition) is 1. The zero-order valence-corrected chi connectivity index (χ0v) is 8.00. The normalized spacial score (nSPS) is 9.62. The van der Waals surface area contributed by atoms with Gasteiger partial charge in [-0.15, -0.1) is 0 Å². The standard InChI is InChI=1S/C8H10N2O2S/c1-10(4-7(9)13)8(11)6-2-3-12-5-6/h2-3,5H,4H2,1H3,(H2,9,13). The lowest BCUT2D eigenvalue weighted by Gasteiger charge is -2.14. The van der Waals surface area contributed by atoms with E-state index >= 15 is 0 Å². The molecule has 0 atom stereocenters. The van der Waals surface area contributed by atoms with Gasteiger partial charge in [0.05, 0.1) is 23.4 Å². The zero-order chi connectivity index (χ0) is 9.84. The molecule has 0 aliphatic rings. The number of nitrogens with zero attached hydrogens (tertiary/aromatic N) is 1. The molecule has 0 aromatic carbocycles. The van der Waals surface area contributed by atoms with Crippen LogP contribution in [0.4, 0.5) is 0 Å². The monoisotopic (exact) mass is 198 g/mol. The summed E-state index contributed by atoms with van der Waals surface area (Å²) in [5, 5.41) is 0. The minimum absolute atomic E-state index is 0.151. The van der Waals surface area contributed by atoms with Gasteiger partial charge in [-0.2, -0.15) is 0 Å². The van der Waals surface area contributed by atoms with E-state index < -0.39 is 0 Å². The molecule has 1 heterocycles. The fourth-order valence-corrected chi connectivity index (χ4v) is 1.11. The number of likely N-dealkylation sites (N-methyl/N-ethyl adjacent to an activating group) is 1. The van der Waals surface area contributed by atoms with Crippen molar-refractivity contribution in [1.29, 1.82) is 0 Å². The van der Waals surface area contributed by atoms with Crippen molar-refractivity contribution in [2.24, 2.45) is 5.73 Å². The highest BCUT2D eigenvalue weighted by Crippen LogP contribution is 2.03. The fraction of sp³-hybridized carbons (Fsp3) is 0.250. The van der Waals surface area contributed by atoms with Crippen molar-refractivity contribution < 1.29 is 9.21 Å². The van der Waals surface area contributed by atoms with Crippen LogP contribution in [-0.4, -0.2) is 29.4 Å². The Bertz CT molecular complexity index is 308. The van der Waals surface area contributed by atoms with Gasteiger partial charge >= 0.3 is 0 Å². The molecule has 70 valence electrons. The van der Waals surface area contributed by atoms with Gasteiger partial charge in [0.1, 0.15) is 6.26 Å². The molecule has 0 saturated carbocycles. The van der Waals surface area contributed by atoms with E-state index in [1.165, 1.54) is 17.4 Å². The average Bonchev–Trinajstić information content (AvgIpc) is 2.53. The third-order valence-corrected chi connectivity index (χ3v) is 1.64. The summed E-state index contributed by atoms with van der Waals surface area (Å²) in [6.45, 7) is 0.277. The molecule has 4 nitrogen and oxygen atoms in total. The summed E-state index contributed by atoms with van der Waals surface area (Å²) in [4.78, 5) is 13.2. The maximum atomic E-state index is 11.5. The van der Waals surface area contributed by atoms with Gasteiger partial charge in [0.25, 0.3) is 5.91 Å². The summed E-state index contributed by atoms with van der Waals surface area (Å²) in [7, 11) is 1.63. The summed E-state index contributed by atoms with van der Waals surface area (Å²) in [5.41, 5.74) is 5.80. The van der Waals surface area contributed by atoms with Crippen molar-refractivity contribution in [3.63, 3.8) is 0 Å². The van der Waals surface area contributed by atoms with Crippen molar-refractivity contribution >= 4 is 23.1 Å². The number of thiocarbonyl (C=S) groups is 1. The first kappa shape index (κ1) is 9.73. The predicted octanol–water partition coefficient (Wildman–Crippen LogP) is 0.638. The van der Waals surface area contributed by atoms with Crippen molar-refractivity contribution in [2.75, 3.05) is 13.6 Å². The van der Waals surface area contributed by atoms with Gasteiger partial charge < -0.3 is 15.1 Å². The number of hydrogen-bond acceptors (Lipinski definition) is 3. The molecule has 0 spiro atoms. The molecule has 0 unspecified atom stereocenters. The van der Waals surface area contributed by atoms with E-state index in [1.54, 1.807) is 13.1 Å². The summed E-state index contributed by atoms with van der Waals surface area (Å²) in [5.74, 6) is -0.151. The Hall–Kier alpha value is -1.36. The molecule has 5 heteroatoms. The van der Waals surface area contributed by atoms with Crippen molar-refractivity contribution in [3.8, 4) is 0 Å². The average molecular weight is 198 g/mol. The second kappa shape index (κ2) is 4.04. The fourth-order valence-electron chi connectivity index (χ4n) is 0.912. The van der Waals surface area contributed by atoms with Crippen LogP contribution in [0.25, 0.3) is 0 Å². The van der Waals surface area contributed by atoms with Crippen LogP contribution in [0.15, 0.2) is 23.0 Å². The number of nitrogens with two attached hydrogens (primary N) is 1. The van der Waals surface area contributed by atoms with Crippen LogP contribution >= 0.6 is 12.2 Å². The highest BCUT2D eigenvalue weighted by atomic mass is 32.1. The number of amides is 1. The molecule has 0 bridgehead atoms. The van der Waals surface area contributed by atoms with E-state index in [4.69, 9.17) is 10.2 Å². The Morgan fingerprint density at radius 3 is 2.92 bits per heavy atom.